The molecule has 102 valence electrons. The predicted octanol–water partition coefficient (Wildman–Crippen LogP) is 2.86. The number of benzene rings is 1. The molecule has 4 nitrogen and oxygen atoms in total. The van der Waals surface area contributed by atoms with Gasteiger partial charge in [0.2, 0.25) is 10.0 Å². The molecule has 1 aromatic heterocycles. The first-order chi connectivity index (χ1) is 8.88. The molecule has 19 heavy (non-hydrogen) atoms. The SMILES string of the molecule is Cc1cc(S(=O)(=O)NCc2ccc(Cl)o2)ccc1F. The summed E-state index contributed by atoms with van der Waals surface area (Å²) in [6.07, 6.45) is 0. The maximum atomic E-state index is 13.1. The monoisotopic (exact) mass is 303 g/mol. The molecule has 1 heterocycles. The van der Waals surface area contributed by atoms with Gasteiger partial charge < -0.3 is 4.42 Å². The fourth-order valence-electron chi connectivity index (χ4n) is 1.48. The normalized spacial score (nSPS) is 11.7. The molecular weight excluding hydrogens is 293 g/mol. The zero-order chi connectivity index (χ0) is 14.0. The predicted molar refractivity (Wildman–Crippen MR) is 68.9 cm³/mol. The highest BCUT2D eigenvalue weighted by atomic mass is 35.5. The first-order valence-corrected chi connectivity index (χ1v) is 7.24. The van der Waals surface area contributed by atoms with Gasteiger partial charge in [-0.05, 0) is 54.4 Å². The third-order valence-corrected chi connectivity index (χ3v) is 4.11. The van der Waals surface area contributed by atoms with Gasteiger partial charge in [-0.1, -0.05) is 0 Å². The molecule has 0 aliphatic rings. The van der Waals surface area contributed by atoms with Crippen molar-refractivity contribution in [2.45, 2.75) is 18.4 Å². The van der Waals surface area contributed by atoms with Crippen LogP contribution in [0, 0.1) is 12.7 Å². The van der Waals surface area contributed by atoms with Crippen LogP contribution in [0.2, 0.25) is 5.22 Å². The zero-order valence-corrected chi connectivity index (χ0v) is 11.6. The van der Waals surface area contributed by atoms with Gasteiger partial charge in [0, 0.05) is 0 Å². The van der Waals surface area contributed by atoms with E-state index in [0.717, 1.165) is 6.07 Å². The van der Waals surface area contributed by atoms with Crippen molar-refractivity contribution in [2.75, 3.05) is 0 Å². The average Bonchev–Trinajstić information content (AvgIpc) is 2.76. The average molecular weight is 304 g/mol. The minimum absolute atomic E-state index is 0.00375. The summed E-state index contributed by atoms with van der Waals surface area (Å²) in [6.45, 7) is 1.48. The summed E-state index contributed by atoms with van der Waals surface area (Å²) in [4.78, 5) is 0.00375. The highest BCUT2D eigenvalue weighted by Crippen LogP contribution is 2.16. The molecule has 0 unspecified atom stereocenters. The van der Waals surface area contributed by atoms with Crippen molar-refractivity contribution in [1.82, 2.24) is 4.72 Å². The van der Waals surface area contributed by atoms with Crippen LogP contribution in [0.15, 0.2) is 39.6 Å². The largest absolute Gasteiger partial charge is 0.448 e. The van der Waals surface area contributed by atoms with Gasteiger partial charge in [-0.15, -0.1) is 0 Å². The Morgan fingerprint density at radius 2 is 2.05 bits per heavy atom. The highest BCUT2D eigenvalue weighted by molar-refractivity contribution is 7.89. The lowest BCUT2D eigenvalue weighted by Gasteiger charge is -2.06. The zero-order valence-electron chi connectivity index (χ0n) is 9.98. The molecule has 2 aromatic rings. The van der Waals surface area contributed by atoms with Crippen LogP contribution in [0.5, 0.6) is 0 Å². The van der Waals surface area contributed by atoms with Crippen LogP contribution < -0.4 is 4.72 Å². The molecule has 1 N–H and O–H groups in total. The molecule has 0 aliphatic heterocycles. The van der Waals surface area contributed by atoms with E-state index in [4.69, 9.17) is 16.0 Å². The van der Waals surface area contributed by atoms with Crippen LogP contribution >= 0.6 is 11.6 Å². The Morgan fingerprint density at radius 1 is 1.32 bits per heavy atom. The molecule has 0 aliphatic carbocycles. The summed E-state index contributed by atoms with van der Waals surface area (Å²) in [5.74, 6) is -0.0517. The van der Waals surface area contributed by atoms with Crippen molar-refractivity contribution in [3.8, 4) is 0 Å². The van der Waals surface area contributed by atoms with Crippen molar-refractivity contribution < 1.29 is 17.2 Å². The van der Waals surface area contributed by atoms with Gasteiger partial charge in [-0.25, -0.2) is 17.5 Å². The van der Waals surface area contributed by atoms with E-state index in [1.54, 1.807) is 6.07 Å². The van der Waals surface area contributed by atoms with Crippen molar-refractivity contribution in [3.63, 3.8) is 0 Å². The number of hydrogen-bond donors (Lipinski definition) is 1. The smallest absolute Gasteiger partial charge is 0.240 e. The Morgan fingerprint density at radius 3 is 2.63 bits per heavy atom. The van der Waals surface area contributed by atoms with Crippen molar-refractivity contribution in [3.05, 3.63) is 52.7 Å². The Bertz CT molecular complexity index is 697. The minimum Gasteiger partial charge on any atom is -0.448 e. The van der Waals surface area contributed by atoms with Crippen LogP contribution in [0.4, 0.5) is 4.39 Å². The van der Waals surface area contributed by atoms with Crippen LogP contribution in [0.25, 0.3) is 0 Å². The first-order valence-electron chi connectivity index (χ1n) is 5.38. The Balaban J connectivity index is 2.16. The van der Waals surface area contributed by atoms with E-state index in [2.05, 4.69) is 4.72 Å². The third kappa shape index (κ3) is 3.34. The van der Waals surface area contributed by atoms with Crippen molar-refractivity contribution in [1.29, 1.82) is 0 Å². The lowest BCUT2D eigenvalue weighted by molar-refractivity contribution is 0.500. The molecule has 0 amide bonds. The van der Waals surface area contributed by atoms with E-state index < -0.39 is 15.8 Å². The van der Waals surface area contributed by atoms with Gasteiger partial charge >= 0.3 is 0 Å². The number of sulfonamides is 1. The Hall–Kier alpha value is -1.37. The second-order valence-electron chi connectivity index (χ2n) is 3.94. The molecule has 0 radical (unpaired) electrons. The summed E-state index contributed by atoms with van der Waals surface area (Å²) in [7, 11) is -3.71. The molecule has 1 aromatic carbocycles. The Kier molecular flexibility index (Phi) is 3.93. The topological polar surface area (TPSA) is 59.3 Å². The summed E-state index contributed by atoms with van der Waals surface area (Å²) < 4.78 is 44.4. The van der Waals surface area contributed by atoms with Crippen molar-refractivity contribution in [2.24, 2.45) is 0 Å². The first kappa shape index (κ1) is 14.0. The van der Waals surface area contributed by atoms with E-state index in [9.17, 15) is 12.8 Å². The van der Waals surface area contributed by atoms with E-state index in [1.807, 2.05) is 0 Å². The fourth-order valence-corrected chi connectivity index (χ4v) is 2.72. The Labute approximate surface area is 115 Å². The van der Waals surface area contributed by atoms with Gasteiger partial charge in [0.25, 0.3) is 0 Å². The second kappa shape index (κ2) is 5.32. The summed E-state index contributed by atoms with van der Waals surface area (Å²) in [6, 6.07) is 6.69. The second-order valence-corrected chi connectivity index (χ2v) is 6.08. The number of halogens is 2. The number of hydrogen-bond acceptors (Lipinski definition) is 3. The van der Waals surface area contributed by atoms with Gasteiger partial charge in [0.1, 0.15) is 11.6 Å². The summed E-state index contributed by atoms with van der Waals surface area (Å²) >= 11 is 5.58. The van der Waals surface area contributed by atoms with Crippen molar-refractivity contribution >= 4 is 21.6 Å². The molecule has 0 bridgehead atoms. The van der Waals surface area contributed by atoms with E-state index in [0.29, 0.717) is 5.76 Å². The maximum absolute atomic E-state index is 13.1. The van der Waals surface area contributed by atoms with Crippen LogP contribution in [0.3, 0.4) is 0 Å². The molecule has 0 saturated carbocycles. The molecule has 0 saturated heterocycles. The molecule has 0 fully saturated rings. The lowest BCUT2D eigenvalue weighted by Crippen LogP contribution is -2.23. The molecule has 0 spiro atoms. The molecular formula is C12H11ClFNO3S. The van der Waals surface area contributed by atoms with Crippen LogP contribution in [-0.2, 0) is 16.6 Å². The summed E-state index contributed by atoms with van der Waals surface area (Å²) in [5, 5.41) is 0.187. The summed E-state index contributed by atoms with van der Waals surface area (Å²) in [5.41, 5.74) is 0.268. The van der Waals surface area contributed by atoms with Crippen LogP contribution in [-0.4, -0.2) is 8.42 Å². The molecule has 7 heteroatoms. The van der Waals surface area contributed by atoms with Gasteiger partial charge in [0.05, 0.1) is 11.4 Å². The molecule has 0 atom stereocenters. The van der Waals surface area contributed by atoms with Crippen LogP contribution in [0.1, 0.15) is 11.3 Å². The van der Waals surface area contributed by atoms with E-state index in [-0.39, 0.29) is 22.2 Å². The number of aryl methyl sites for hydroxylation is 1. The molecule has 2 rings (SSSR count). The number of rotatable bonds is 4. The fraction of sp³-hybridized carbons (Fsp3) is 0.167. The van der Waals surface area contributed by atoms with Gasteiger partial charge in [-0.3, -0.25) is 0 Å². The lowest BCUT2D eigenvalue weighted by atomic mass is 10.2. The number of nitrogens with one attached hydrogen (secondary N) is 1. The highest BCUT2D eigenvalue weighted by Gasteiger charge is 2.15. The maximum Gasteiger partial charge on any atom is 0.240 e. The van der Waals surface area contributed by atoms with E-state index >= 15 is 0 Å². The quantitative estimate of drug-likeness (QED) is 0.945. The minimum atomic E-state index is -3.71. The third-order valence-electron chi connectivity index (χ3n) is 2.50. The van der Waals surface area contributed by atoms with Gasteiger partial charge in [-0.2, -0.15) is 0 Å². The standard InChI is InChI=1S/C12H11ClFNO3S/c1-8-6-10(3-4-11(8)14)19(16,17)15-7-9-2-5-12(13)18-9/h2-6,15H,7H2,1H3. The number of furan rings is 1. The van der Waals surface area contributed by atoms with Gasteiger partial charge in [0.15, 0.2) is 5.22 Å². The van der Waals surface area contributed by atoms with E-state index in [1.165, 1.54) is 25.1 Å².